The number of ether oxygens (including phenoxy) is 1. The van der Waals surface area contributed by atoms with E-state index in [0.717, 1.165) is 22.4 Å². The van der Waals surface area contributed by atoms with Crippen molar-refractivity contribution in [2.24, 2.45) is 0 Å². The molecule has 0 aromatic heterocycles. The van der Waals surface area contributed by atoms with Crippen molar-refractivity contribution in [3.8, 4) is 11.1 Å². The predicted octanol–water partition coefficient (Wildman–Crippen LogP) is 3.73. The molecule has 0 unspecified atom stereocenters. The zero-order valence-electron chi connectivity index (χ0n) is 16.9. The Morgan fingerprint density at radius 3 is 2.19 bits per heavy atom. The molecule has 156 valence electrons. The molecule has 2 aliphatic rings. The number of amides is 2. The molecule has 0 spiro atoms. The first-order valence-corrected chi connectivity index (χ1v) is 10.1. The van der Waals surface area contributed by atoms with Crippen molar-refractivity contribution >= 4 is 29.3 Å². The molecule has 5 rings (SSSR count). The van der Waals surface area contributed by atoms with Gasteiger partial charge in [0.2, 0.25) is 0 Å². The highest BCUT2D eigenvalue weighted by atomic mass is 16.5. The Bertz CT molecular complexity index is 1300. The number of ketones is 1. The van der Waals surface area contributed by atoms with Crippen molar-refractivity contribution in [2.45, 2.75) is 6.42 Å². The molecule has 32 heavy (non-hydrogen) atoms. The summed E-state index contributed by atoms with van der Waals surface area (Å²) in [7, 11) is 0. The van der Waals surface area contributed by atoms with Gasteiger partial charge in [0.1, 0.15) is 0 Å². The van der Waals surface area contributed by atoms with Gasteiger partial charge in [0.05, 0.1) is 11.3 Å². The lowest BCUT2D eigenvalue weighted by molar-refractivity contribution is -0.119. The van der Waals surface area contributed by atoms with Gasteiger partial charge in [-0.2, -0.15) is 0 Å². The highest BCUT2D eigenvalue weighted by Gasteiger charge is 2.25. The Kier molecular flexibility index (Phi) is 4.75. The smallest absolute Gasteiger partial charge is 0.338 e. The predicted molar refractivity (Wildman–Crippen MR) is 117 cm³/mol. The van der Waals surface area contributed by atoms with Crippen molar-refractivity contribution in [1.82, 2.24) is 0 Å². The van der Waals surface area contributed by atoms with Crippen LogP contribution in [0.25, 0.3) is 11.1 Å². The topological polar surface area (TPSA) is 80.8 Å². The fourth-order valence-electron chi connectivity index (χ4n) is 4.02. The number of carbonyl (C=O) groups excluding carboxylic acids is 4. The largest absolute Gasteiger partial charge is 0.454 e. The SMILES string of the molecule is O=C(COC(=O)c1ccc(N2C(=O)C=CC2=O)cc1)c1ccc2c(c1)Cc1ccccc1-2. The number of benzene rings is 3. The van der Waals surface area contributed by atoms with Gasteiger partial charge < -0.3 is 4.74 Å². The van der Waals surface area contributed by atoms with Gasteiger partial charge in [-0.15, -0.1) is 0 Å². The minimum atomic E-state index is -0.657. The maximum Gasteiger partial charge on any atom is 0.338 e. The summed E-state index contributed by atoms with van der Waals surface area (Å²) in [6.07, 6.45) is 3.15. The summed E-state index contributed by atoms with van der Waals surface area (Å²) < 4.78 is 5.18. The van der Waals surface area contributed by atoms with Crippen LogP contribution in [0.3, 0.4) is 0 Å². The maximum absolute atomic E-state index is 12.6. The van der Waals surface area contributed by atoms with E-state index in [-0.39, 0.29) is 18.0 Å². The van der Waals surface area contributed by atoms with Crippen LogP contribution in [0.4, 0.5) is 5.69 Å². The summed E-state index contributed by atoms with van der Waals surface area (Å²) in [5.41, 5.74) is 5.70. The third-order valence-electron chi connectivity index (χ3n) is 5.62. The van der Waals surface area contributed by atoms with Gasteiger partial charge in [-0.3, -0.25) is 14.4 Å². The molecule has 1 heterocycles. The minimum absolute atomic E-state index is 0.220. The Balaban J connectivity index is 1.23. The molecule has 1 aliphatic carbocycles. The molecule has 1 aliphatic heterocycles. The van der Waals surface area contributed by atoms with Gasteiger partial charge in [0.25, 0.3) is 11.8 Å². The van der Waals surface area contributed by atoms with Crippen molar-refractivity contribution in [3.05, 3.63) is 101 Å². The number of carbonyl (C=O) groups is 4. The standard InChI is InChI=1S/C26H17NO5/c28-23(18-7-10-22-19(14-18)13-17-3-1-2-4-21(17)22)15-32-26(31)16-5-8-20(9-6-16)27-24(29)11-12-25(27)30/h1-12,14H,13,15H2. The molecule has 0 fully saturated rings. The second-order valence-corrected chi connectivity index (χ2v) is 7.60. The second kappa shape index (κ2) is 7.74. The molecule has 3 aromatic carbocycles. The average molecular weight is 423 g/mol. The van der Waals surface area contributed by atoms with Crippen LogP contribution < -0.4 is 4.90 Å². The van der Waals surface area contributed by atoms with E-state index in [4.69, 9.17) is 4.74 Å². The number of esters is 1. The van der Waals surface area contributed by atoms with Crippen LogP contribution in [0, 0.1) is 0 Å². The fourth-order valence-corrected chi connectivity index (χ4v) is 4.02. The quantitative estimate of drug-likeness (QED) is 0.278. The van der Waals surface area contributed by atoms with Crippen LogP contribution in [0.15, 0.2) is 78.9 Å². The summed E-state index contributed by atoms with van der Waals surface area (Å²) in [4.78, 5) is 49.4. The highest BCUT2D eigenvalue weighted by Crippen LogP contribution is 2.36. The van der Waals surface area contributed by atoms with Crippen LogP contribution in [0.2, 0.25) is 0 Å². The Morgan fingerprint density at radius 2 is 1.44 bits per heavy atom. The fraction of sp³-hybridized carbons (Fsp3) is 0.0769. The third kappa shape index (κ3) is 3.41. The molecule has 0 saturated carbocycles. The Labute approximate surface area is 183 Å². The molecule has 6 heteroatoms. The normalized spacial score (nSPS) is 13.8. The lowest BCUT2D eigenvalue weighted by Gasteiger charge is -2.14. The first-order valence-electron chi connectivity index (χ1n) is 10.1. The maximum atomic E-state index is 12.6. The molecule has 0 atom stereocenters. The number of hydrogen-bond acceptors (Lipinski definition) is 5. The molecular weight excluding hydrogens is 406 g/mol. The number of rotatable bonds is 5. The van der Waals surface area contributed by atoms with Crippen molar-refractivity contribution in [2.75, 3.05) is 11.5 Å². The van der Waals surface area contributed by atoms with Crippen LogP contribution >= 0.6 is 0 Å². The molecule has 6 nitrogen and oxygen atoms in total. The highest BCUT2D eigenvalue weighted by molar-refractivity contribution is 6.28. The molecule has 0 radical (unpaired) electrons. The van der Waals surface area contributed by atoms with Gasteiger partial charge >= 0.3 is 5.97 Å². The molecule has 0 N–H and O–H groups in total. The summed E-state index contributed by atoms with van der Waals surface area (Å²) in [6, 6.07) is 19.6. The summed E-state index contributed by atoms with van der Waals surface area (Å²) >= 11 is 0. The number of fused-ring (bicyclic) bond motifs is 3. The van der Waals surface area contributed by atoms with Crippen molar-refractivity contribution in [1.29, 1.82) is 0 Å². The number of nitrogens with zero attached hydrogens (tertiary/aromatic N) is 1. The van der Waals surface area contributed by atoms with Gasteiger partial charge in [-0.1, -0.05) is 36.4 Å². The Morgan fingerprint density at radius 1 is 0.781 bits per heavy atom. The lowest BCUT2D eigenvalue weighted by atomic mass is 10.0. The number of imide groups is 1. The van der Waals surface area contributed by atoms with Gasteiger partial charge in [-0.05, 0) is 59.0 Å². The lowest BCUT2D eigenvalue weighted by Crippen LogP contribution is -2.29. The van der Waals surface area contributed by atoms with Crippen LogP contribution in [0.1, 0.15) is 31.8 Å². The van der Waals surface area contributed by atoms with Crippen LogP contribution in [-0.2, 0) is 20.7 Å². The number of Topliss-reactive ketones (excluding diaryl/α,β-unsaturated/α-hetero) is 1. The number of anilines is 1. The van der Waals surface area contributed by atoms with E-state index in [1.807, 2.05) is 24.3 Å². The van der Waals surface area contributed by atoms with E-state index in [1.165, 1.54) is 47.5 Å². The molecule has 0 saturated heterocycles. The molecule has 0 bridgehead atoms. The van der Waals surface area contributed by atoms with E-state index < -0.39 is 17.8 Å². The van der Waals surface area contributed by atoms with Crippen molar-refractivity contribution in [3.63, 3.8) is 0 Å². The van der Waals surface area contributed by atoms with E-state index in [9.17, 15) is 19.2 Å². The zero-order valence-corrected chi connectivity index (χ0v) is 16.9. The first kappa shape index (κ1) is 19.6. The Hall–Kier alpha value is -4.32. The van der Waals surface area contributed by atoms with Gasteiger partial charge in [-0.25, -0.2) is 9.69 Å². The molecule has 2 amide bonds. The summed E-state index contributed by atoms with van der Waals surface area (Å²) in [5.74, 6) is -1.81. The number of hydrogen-bond donors (Lipinski definition) is 0. The molecule has 3 aromatic rings. The van der Waals surface area contributed by atoms with Crippen molar-refractivity contribution < 1.29 is 23.9 Å². The van der Waals surface area contributed by atoms with Crippen LogP contribution in [0.5, 0.6) is 0 Å². The second-order valence-electron chi connectivity index (χ2n) is 7.60. The minimum Gasteiger partial charge on any atom is -0.454 e. The average Bonchev–Trinajstić information content (AvgIpc) is 3.35. The monoisotopic (exact) mass is 423 g/mol. The van der Waals surface area contributed by atoms with E-state index in [1.54, 1.807) is 6.07 Å². The van der Waals surface area contributed by atoms with E-state index in [0.29, 0.717) is 11.3 Å². The zero-order chi connectivity index (χ0) is 22.2. The van der Waals surface area contributed by atoms with Gasteiger partial charge in [0, 0.05) is 17.7 Å². The summed E-state index contributed by atoms with van der Waals surface area (Å²) in [6.45, 7) is -0.376. The van der Waals surface area contributed by atoms with E-state index in [2.05, 4.69) is 12.1 Å². The first-order chi connectivity index (χ1) is 15.5. The molecular formula is C26H17NO5. The summed E-state index contributed by atoms with van der Waals surface area (Å²) in [5, 5.41) is 0. The van der Waals surface area contributed by atoms with E-state index >= 15 is 0 Å². The van der Waals surface area contributed by atoms with Crippen LogP contribution in [-0.4, -0.2) is 30.2 Å². The van der Waals surface area contributed by atoms with Gasteiger partial charge in [0.15, 0.2) is 12.4 Å². The third-order valence-corrected chi connectivity index (χ3v) is 5.62.